The Balaban J connectivity index is 1.86. The molecule has 0 spiro atoms. The van der Waals surface area contributed by atoms with Crippen LogP contribution in [0.4, 0.5) is 15.9 Å². The van der Waals surface area contributed by atoms with Crippen molar-refractivity contribution in [1.82, 2.24) is 15.1 Å². The summed E-state index contributed by atoms with van der Waals surface area (Å²) in [7, 11) is 0. The van der Waals surface area contributed by atoms with Gasteiger partial charge in [-0.2, -0.15) is 4.98 Å². The van der Waals surface area contributed by atoms with E-state index in [1.54, 1.807) is 30.3 Å². The van der Waals surface area contributed by atoms with Crippen LogP contribution in [0, 0.1) is 5.82 Å². The molecule has 0 amide bonds. The first-order chi connectivity index (χ1) is 11.7. The number of para-hydroxylation sites is 1. The van der Waals surface area contributed by atoms with Crippen molar-refractivity contribution >= 4 is 34.2 Å². The van der Waals surface area contributed by atoms with E-state index in [4.69, 9.17) is 16.1 Å². The summed E-state index contributed by atoms with van der Waals surface area (Å²) < 4.78 is 19.2. The Bertz CT molecular complexity index is 1020. The molecule has 0 saturated heterocycles. The van der Waals surface area contributed by atoms with Gasteiger partial charge in [0.05, 0.1) is 5.69 Å². The SMILES string of the molecule is Fc1ccccc1Nc1ncnc2onc(-c3ccc(Cl)cc3)c12. The van der Waals surface area contributed by atoms with Crippen LogP contribution in [0.25, 0.3) is 22.4 Å². The third-order valence-corrected chi connectivity index (χ3v) is 3.77. The largest absolute Gasteiger partial charge is 0.337 e. The molecule has 0 aliphatic rings. The number of halogens is 2. The molecule has 4 rings (SSSR count). The van der Waals surface area contributed by atoms with E-state index in [9.17, 15) is 4.39 Å². The van der Waals surface area contributed by atoms with Crippen molar-refractivity contribution < 1.29 is 8.91 Å². The number of rotatable bonds is 3. The second-order valence-electron chi connectivity index (χ2n) is 5.05. The standard InChI is InChI=1S/C17H10ClFN4O/c18-11-7-5-10(6-8-11)15-14-16(20-9-21-17(14)24-23-15)22-13-4-2-1-3-12(13)19/h1-9H,(H,20,21,22). The highest BCUT2D eigenvalue weighted by Crippen LogP contribution is 2.33. The molecule has 0 unspecified atom stereocenters. The van der Waals surface area contributed by atoms with E-state index in [0.717, 1.165) is 5.56 Å². The summed E-state index contributed by atoms with van der Waals surface area (Å²) in [6.07, 6.45) is 1.34. The van der Waals surface area contributed by atoms with Crippen LogP contribution in [0.3, 0.4) is 0 Å². The highest BCUT2D eigenvalue weighted by Gasteiger charge is 2.17. The fourth-order valence-corrected chi connectivity index (χ4v) is 2.50. The van der Waals surface area contributed by atoms with Gasteiger partial charge >= 0.3 is 0 Å². The lowest BCUT2D eigenvalue weighted by Crippen LogP contribution is -1.97. The van der Waals surface area contributed by atoms with Crippen LogP contribution in [-0.4, -0.2) is 15.1 Å². The Kier molecular flexibility index (Phi) is 3.59. The van der Waals surface area contributed by atoms with Gasteiger partial charge in [-0.1, -0.05) is 41.0 Å². The van der Waals surface area contributed by atoms with Crippen LogP contribution in [0.1, 0.15) is 0 Å². The van der Waals surface area contributed by atoms with Gasteiger partial charge in [-0.15, -0.1) is 0 Å². The van der Waals surface area contributed by atoms with E-state index in [-0.39, 0.29) is 5.82 Å². The minimum atomic E-state index is -0.381. The number of nitrogens with one attached hydrogen (secondary N) is 1. The molecule has 5 nitrogen and oxygen atoms in total. The molecule has 2 aromatic carbocycles. The number of fused-ring (bicyclic) bond motifs is 1. The zero-order valence-electron chi connectivity index (χ0n) is 12.2. The molecule has 0 saturated carbocycles. The van der Waals surface area contributed by atoms with Gasteiger partial charge < -0.3 is 9.84 Å². The molecule has 0 aliphatic heterocycles. The van der Waals surface area contributed by atoms with E-state index in [0.29, 0.717) is 33.3 Å². The third kappa shape index (κ3) is 2.57. The van der Waals surface area contributed by atoms with Crippen LogP contribution in [0.15, 0.2) is 59.4 Å². The van der Waals surface area contributed by atoms with Gasteiger partial charge in [-0.25, -0.2) is 9.37 Å². The zero-order chi connectivity index (χ0) is 16.5. The minimum absolute atomic E-state index is 0.306. The van der Waals surface area contributed by atoms with Crippen molar-refractivity contribution in [1.29, 1.82) is 0 Å². The van der Waals surface area contributed by atoms with Gasteiger partial charge in [0.25, 0.3) is 5.71 Å². The molecule has 0 fully saturated rings. The molecular weight excluding hydrogens is 331 g/mol. The molecular formula is C17H10ClFN4O. The quantitative estimate of drug-likeness (QED) is 0.579. The average Bonchev–Trinajstić information content (AvgIpc) is 3.03. The lowest BCUT2D eigenvalue weighted by molar-refractivity contribution is 0.451. The number of aromatic nitrogens is 3. The zero-order valence-corrected chi connectivity index (χ0v) is 13.0. The van der Waals surface area contributed by atoms with Gasteiger partial charge in [0, 0.05) is 10.6 Å². The molecule has 118 valence electrons. The number of anilines is 2. The van der Waals surface area contributed by atoms with Crippen LogP contribution in [-0.2, 0) is 0 Å². The minimum Gasteiger partial charge on any atom is -0.337 e. The van der Waals surface area contributed by atoms with Crippen LogP contribution in [0.2, 0.25) is 5.02 Å². The van der Waals surface area contributed by atoms with Crippen molar-refractivity contribution in [2.24, 2.45) is 0 Å². The first-order valence-electron chi connectivity index (χ1n) is 7.10. The molecule has 0 aliphatic carbocycles. The number of hydrogen-bond donors (Lipinski definition) is 1. The number of benzene rings is 2. The van der Waals surface area contributed by atoms with Gasteiger partial charge in [-0.05, 0) is 24.3 Å². The monoisotopic (exact) mass is 340 g/mol. The summed E-state index contributed by atoms with van der Waals surface area (Å²) in [5.74, 6) is 0.0325. The number of nitrogens with zero attached hydrogens (tertiary/aromatic N) is 3. The van der Waals surface area contributed by atoms with Gasteiger partial charge in [0.1, 0.15) is 29.0 Å². The van der Waals surface area contributed by atoms with Crippen molar-refractivity contribution in [2.45, 2.75) is 0 Å². The Morgan fingerprint density at radius 1 is 1.00 bits per heavy atom. The molecule has 24 heavy (non-hydrogen) atoms. The molecule has 7 heteroatoms. The van der Waals surface area contributed by atoms with E-state index in [1.807, 2.05) is 12.1 Å². The number of hydrogen-bond acceptors (Lipinski definition) is 5. The third-order valence-electron chi connectivity index (χ3n) is 3.52. The van der Waals surface area contributed by atoms with Crippen LogP contribution < -0.4 is 5.32 Å². The van der Waals surface area contributed by atoms with Gasteiger partial charge in [0.2, 0.25) is 0 Å². The van der Waals surface area contributed by atoms with Crippen molar-refractivity contribution in [2.75, 3.05) is 5.32 Å². The normalized spacial score (nSPS) is 10.9. The first kappa shape index (κ1) is 14.6. The van der Waals surface area contributed by atoms with E-state index >= 15 is 0 Å². The maximum absolute atomic E-state index is 13.9. The van der Waals surface area contributed by atoms with Gasteiger partial charge in [-0.3, -0.25) is 0 Å². The Morgan fingerprint density at radius 3 is 2.58 bits per heavy atom. The Labute approximate surface area is 141 Å². The Morgan fingerprint density at radius 2 is 1.79 bits per heavy atom. The molecule has 4 aromatic rings. The predicted molar refractivity (Wildman–Crippen MR) is 89.7 cm³/mol. The summed E-state index contributed by atoms with van der Waals surface area (Å²) in [4.78, 5) is 8.27. The molecule has 2 heterocycles. The second-order valence-corrected chi connectivity index (χ2v) is 5.48. The fourth-order valence-electron chi connectivity index (χ4n) is 2.38. The average molecular weight is 341 g/mol. The summed E-state index contributed by atoms with van der Waals surface area (Å²) in [5.41, 5.74) is 1.97. The van der Waals surface area contributed by atoms with Crippen LogP contribution in [0.5, 0.6) is 0 Å². The Hall–Kier alpha value is -2.99. The maximum atomic E-state index is 13.9. The fraction of sp³-hybridized carbons (Fsp3) is 0. The summed E-state index contributed by atoms with van der Waals surface area (Å²) in [6.45, 7) is 0. The van der Waals surface area contributed by atoms with Gasteiger partial charge in [0.15, 0.2) is 0 Å². The molecule has 0 atom stereocenters. The first-order valence-corrected chi connectivity index (χ1v) is 7.48. The highest BCUT2D eigenvalue weighted by atomic mass is 35.5. The summed E-state index contributed by atoms with van der Waals surface area (Å²) in [6, 6.07) is 13.5. The van der Waals surface area contributed by atoms with E-state index in [1.165, 1.54) is 12.4 Å². The lowest BCUT2D eigenvalue weighted by atomic mass is 10.1. The van der Waals surface area contributed by atoms with Crippen molar-refractivity contribution in [3.05, 3.63) is 65.7 Å². The second kappa shape index (κ2) is 5.90. The molecule has 1 N–H and O–H groups in total. The maximum Gasteiger partial charge on any atom is 0.263 e. The van der Waals surface area contributed by atoms with Crippen molar-refractivity contribution in [3.8, 4) is 11.3 Å². The highest BCUT2D eigenvalue weighted by molar-refractivity contribution is 6.30. The summed E-state index contributed by atoms with van der Waals surface area (Å²) >= 11 is 5.92. The molecule has 0 radical (unpaired) electrons. The van der Waals surface area contributed by atoms with Crippen molar-refractivity contribution in [3.63, 3.8) is 0 Å². The topological polar surface area (TPSA) is 63.8 Å². The summed E-state index contributed by atoms with van der Waals surface area (Å²) in [5, 5.41) is 8.23. The smallest absolute Gasteiger partial charge is 0.263 e. The predicted octanol–water partition coefficient (Wildman–Crippen LogP) is 4.82. The van der Waals surface area contributed by atoms with Crippen LogP contribution >= 0.6 is 11.6 Å². The van der Waals surface area contributed by atoms with E-state index < -0.39 is 0 Å². The molecule has 2 aromatic heterocycles. The lowest BCUT2D eigenvalue weighted by Gasteiger charge is -2.07. The van der Waals surface area contributed by atoms with E-state index in [2.05, 4.69) is 20.4 Å². The molecule has 0 bridgehead atoms.